The van der Waals surface area contributed by atoms with Crippen molar-refractivity contribution in [1.82, 2.24) is 10.2 Å². The van der Waals surface area contributed by atoms with Gasteiger partial charge in [-0.3, -0.25) is 19.8 Å². The monoisotopic (exact) mass is 278 g/mol. The van der Waals surface area contributed by atoms with E-state index in [1.165, 1.54) is 0 Å². The van der Waals surface area contributed by atoms with Gasteiger partial charge in [-0.05, 0) is 31.9 Å². The molecular weight excluding hydrogens is 260 g/mol. The molecule has 0 saturated carbocycles. The van der Waals surface area contributed by atoms with Crippen LogP contribution >= 0.6 is 0 Å². The van der Waals surface area contributed by atoms with Crippen LogP contribution in [0.2, 0.25) is 0 Å². The van der Waals surface area contributed by atoms with E-state index in [1.807, 2.05) is 0 Å². The molecule has 1 aliphatic heterocycles. The van der Waals surface area contributed by atoms with Crippen molar-refractivity contribution in [3.05, 3.63) is 23.7 Å². The Kier molecular flexibility index (Phi) is 3.65. The number of nitrogens with one attached hydrogen (secondary N) is 1. The number of nitrogens with zero attached hydrogens (tertiary/aromatic N) is 1. The van der Waals surface area contributed by atoms with Gasteiger partial charge in [-0.15, -0.1) is 0 Å². The molecule has 2 heterocycles. The van der Waals surface area contributed by atoms with E-state index in [0.717, 1.165) is 4.90 Å². The molecule has 0 spiro atoms. The SMILES string of the molecule is CCC1(CC)C(=O)NC(=O)N(Cc2ccc(C)o2)C1=O. The molecule has 6 heteroatoms. The van der Waals surface area contributed by atoms with Gasteiger partial charge >= 0.3 is 6.03 Å². The van der Waals surface area contributed by atoms with Crippen molar-refractivity contribution in [3.63, 3.8) is 0 Å². The molecule has 0 bridgehead atoms. The lowest BCUT2D eigenvalue weighted by molar-refractivity contribution is -0.152. The molecule has 1 aliphatic rings. The highest BCUT2D eigenvalue weighted by Crippen LogP contribution is 2.33. The Morgan fingerprint density at radius 2 is 1.85 bits per heavy atom. The highest BCUT2D eigenvalue weighted by molar-refractivity contribution is 6.19. The van der Waals surface area contributed by atoms with E-state index >= 15 is 0 Å². The fourth-order valence-electron chi connectivity index (χ4n) is 2.48. The molecule has 1 saturated heterocycles. The average Bonchev–Trinajstić information content (AvgIpc) is 2.82. The molecule has 0 unspecified atom stereocenters. The first-order valence-electron chi connectivity index (χ1n) is 6.67. The smallest absolute Gasteiger partial charge is 0.331 e. The number of urea groups is 1. The average molecular weight is 278 g/mol. The van der Waals surface area contributed by atoms with Gasteiger partial charge < -0.3 is 4.42 Å². The van der Waals surface area contributed by atoms with Crippen molar-refractivity contribution in [2.24, 2.45) is 5.41 Å². The first-order valence-corrected chi connectivity index (χ1v) is 6.67. The molecule has 108 valence electrons. The minimum absolute atomic E-state index is 0.0353. The highest BCUT2D eigenvalue weighted by Gasteiger charge is 2.51. The quantitative estimate of drug-likeness (QED) is 0.854. The predicted molar refractivity (Wildman–Crippen MR) is 70.5 cm³/mol. The summed E-state index contributed by atoms with van der Waals surface area (Å²) in [6, 6.07) is 2.79. The van der Waals surface area contributed by atoms with Crippen molar-refractivity contribution in [1.29, 1.82) is 0 Å². The molecule has 0 atom stereocenters. The lowest BCUT2D eigenvalue weighted by Gasteiger charge is -2.37. The van der Waals surface area contributed by atoms with Gasteiger partial charge in [0.25, 0.3) is 0 Å². The Labute approximate surface area is 117 Å². The van der Waals surface area contributed by atoms with Crippen molar-refractivity contribution in [3.8, 4) is 0 Å². The summed E-state index contributed by atoms with van der Waals surface area (Å²) >= 11 is 0. The van der Waals surface area contributed by atoms with Gasteiger partial charge in [-0.1, -0.05) is 13.8 Å². The molecule has 1 fully saturated rings. The fraction of sp³-hybridized carbons (Fsp3) is 0.500. The van der Waals surface area contributed by atoms with Gasteiger partial charge in [-0.25, -0.2) is 4.79 Å². The van der Waals surface area contributed by atoms with E-state index in [0.29, 0.717) is 24.4 Å². The normalized spacial score (nSPS) is 18.4. The zero-order valence-corrected chi connectivity index (χ0v) is 11.9. The summed E-state index contributed by atoms with van der Waals surface area (Å²) in [5.41, 5.74) is -1.16. The molecule has 20 heavy (non-hydrogen) atoms. The van der Waals surface area contributed by atoms with Crippen LogP contribution in [-0.2, 0) is 16.1 Å². The van der Waals surface area contributed by atoms with Crippen LogP contribution in [0.25, 0.3) is 0 Å². The number of carbonyl (C=O) groups is 3. The maximum atomic E-state index is 12.5. The minimum Gasteiger partial charge on any atom is -0.464 e. The van der Waals surface area contributed by atoms with Gasteiger partial charge in [0, 0.05) is 0 Å². The van der Waals surface area contributed by atoms with Crippen molar-refractivity contribution in [2.75, 3.05) is 0 Å². The predicted octanol–water partition coefficient (Wildman–Crippen LogP) is 1.97. The summed E-state index contributed by atoms with van der Waals surface area (Å²) in [7, 11) is 0. The first-order chi connectivity index (χ1) is 9.44. The number of aryl methyl sites for hydroxylation is 1. The number of furan rings is 1. The molecule has 4 amide bonds. The third kappa shape index (κ3) is 2.11. The zero-order valence-electron chi connectivity index (χ0n) is 11.9. The van der Waals surface area contributed by atoms with E-state index in [9.17, 15) is 14.4 Å². The Morgan fingerprint density at radius 1 is 1.20 bits per heavy atom. The van der Waals surface area contributed by atoms with Crippen molar-refractivity contribution >= 4 is 17.8 Å². The number of rotatable bonds is 4. The summed E-state index contributed by atoms with van der Waals surface area (Å²) < 4.78 is 5.39. The van der Waals surface area contributed by atoms with E-state index in [2.05, 4.69) is 5.32 Å². The standard InChI is InChI=1S/C14H18N2O4/c1-4-14(5-2)11(17)15-13(19)16(12(14)18)8-10-7-6-9(3)20-10/h6-7H,4-5,8H2,1-3H3,(H,15,17,19). The van der Waals surface area contributed by atoms with E-state index in [1.54, 1.807) is 32.9 Å². The molecule has 1 aromatic rings. The van der Waals surface area contributed by atoms with Gasteiger partial charge in [0.15, 0.2) is 0 Å². The Hall–Kier alpha value is -2.11. The molecule has 0 aromatic carbocycles. The zero-order chi connectivity index (χ0) is 14.9. The number of imide groups is 2. The molecule has 1 N–H and O–H groups in total. The number of carbonyl (C=O) groups excluding carboxylic acids is 3. The van der Waals surface area contributed by atoms with Crippen LogP contribution in [0.4, 0.5) is 4.79 Å². The van der Waals surface area contributed by atoms with Crippen LogP contribution < -0.4 is 5.32 Å². The summed E-state index contributed by atoms with van der Waals surface area (Å²) in [5.74, 6) is 0.259. The van der Waals surface area contributed by atoms with Crippen LogP contribution in [-0.4, -0.2) is 22.7 Å². The summed E-state index contributed by atoms with van der Waals surface area (Å²) in [6.07, 6.45) is 0.713. The largest absolute Gasteiger partial charge is 0.464 e. The highest BCUT2D eigenvalue weighted by atomic mass is 16.3. The van der Waals surface area contributed by atoms with Crippen LogP contribution in [0.5, 0.6) is 0 Å². The summed E-state index contributed by atoms with van der Waals surface area (Å²) in [4.78, 5) is 37.5. The second-order valence-electron chi connectivity index (χ2n) is 4.95. The topological polar surface area (TPSA) is 79.6 Å². The van der Waals surface area contributed by atoms with Gasteiger partial charge in [-0.2, -0.15) is 0 Å². The lowest BCUT2D eigenvalue weighted by Crippen LogP contribution is -2.63. The third-order valence-electron chi connectivity index (χ3n) is 3.87. The lowest BCUT2D eigenvalue weighted by atomic mass is 9.78. The molecule has 1 aromatic heterocycles. The molecule has 6 nitrogen and oxygen atoms in total. The van der Waals surface area contributed by atoms with E-state index in [4.69, 9.17) is 4.42 Å². The molecular formula is C14H18N2O4. The maximum absolute atomic E-state index is 12.5. The molecule has 2 rings (SSSR count). The molecule has 0 aliphatic carbocycles. The minimum atomic E-state index is -1.16. The van der Waals surface area contributed by atoms with Gasteiger partial charge in [0.1, 0.15) is 16.9 Å². The Morgan fingerprint density at radius 3 is 2.35 bits per heavy atom. The second-order valence-corrected chi connectivity index (χ2v) is 4.95. The third-order valence-corrected chi connectivity index (χ3v) is 3.87. The fourth-order valence-corrected chi connectivity index (χ4v) is 2.48. The van der Waals surface area contributed by atoms with Crippen LogP contribution in [0.15, 0.2) is 16.5 Å². The van der Waals surface area contributed by atoms with Crippen molar-refractivity contribution < 1.29 is 18.8 Å². The van der Waals surface area contributed by atoms with E-state index in [-0.39, 0.29) is 6.54 Å². The van der Waals surface area contributed by atoms with E-state index < -0.39 is 23.3 Å². The summed E-state index contributed by atoms with van der Waals surface area (Å²) in [6.45, 7) is 5.36. The Balaban J connectivity index is 2.30. The van der Waals surface area contributed by atoms with Gasteiger partial charge in [0.05, 0.1) is 6.54 Å². The van der Waals surface area contributed by atoms with Crippen LogP contribution in [0.3, 0.4) is 0 Å². The summed E-state index contributed by atoms with van der Waals surface area (Å²) in [5, 5.41) is 2.27. The second kappa shape index (κ2) is 5.11. The van der Waals surface area contributed by atoms with Crippen LogP contribution in [0.1, 0.15) is 38.2 Å². The Bertz CT molecular complexity index is 557. The number of hydrogen-bond donors (Lipinski definition) is 1. The number of barbiturate groups is 1. The number of hydrogen-bond acceptors (Lipinski definition) is 4. The van der Waals surface area contributed by atoms with Crippen LogP contribution in [0, 0.1) is 12.3 Å². The first kappa shape index (κ1) is 14.3. The molecule has 0 radical (unpaired) electrons. The van der Waals surface area contributed by atoms with Gasteiger partial charge in [0.2, 0.25) is 11.8 Å². The van der Waals surface area contributed by atoms with Crippen molar-refractivity contribution in [2.45, 2.75) is 40.2 Å². The maximum Gasteiger partial charge on any atom is 0.331 e. The number of amides is 4.